The van der Waals surface area contributed by atoms with Crippen molar-refractivity contribution in [1.82, 2.24) is 4.90 Å². The van der Waals surface area contributed by atoms with Crippen LogP contribution >= 0.6 is 0 Å². The fourth-order valence-electron chi connectivity index (χ4n) is 2.56. The average Bonchev–Trinajstić information content (AvgIpc) is 3.02. The normalized spacial score (nSPS) is 10.6. The Bertz CT molecular complexity index is 568. The molecule has 1 aromatic heterocycles. The largest absolute Gasteiger partial charge is 0.461 e. The van der Waals surface area contributed by atoms with E-state index in [1.807, 2.05) is 47.4 Å². The van der Waals surface area contributed by atoms with Crippen LogP contribution in [0.3, 0.4) is 0 Å². The lowest BCUT2D eigenvalue weighted by atomic mass is 10.2. The van der Waals surface area contributed by atoms with E-state index in [0.717, 1.165) is 43.0 Å². The second kappa shape index (κ2) is 8.42. The van der Waals surface area contributed by atoms with Crippen molar-refractivity contribution < 1.29 is 9.21 Å². The summed E-state index contributed by atoms with van der Waals surface area (Å²) in [4.78, 5) is 14.2. The topological polar surface area (TPSA) is 33.5 Å². The number of nitrogens with zero attached hydrogens (tertiary/aromatic N) is 1. The van der Waals surface area contributed by atoms with Gasteiger partial charge >= 0.3 is 0 Å². The van der Waals surface area contributed by atoms with Gasteiger partial charge < -0.3 is 9.32 Å². The van der Waals surface area contributed by atoms with E-state index in [4.69, 9.17) is 4.42 Å². The summed E-state index contributed by atoms with van der Waals surface area (Å²) in [5.74, 6) is 1.96. The van der Waals surface area contributed by atoms with Crippen molar-refractivity contribution in [1.29, 1.82) is 0 Å². The van der Waals surface area contributed by atoms with Gasteiger partial charge in [-0.1, -0.05) is 44.2 Å². The fourth-order valence-corrected chi connectivity index (χ4v) is 2.56. The number of aryl methyl sites for hydroxylation is 1. The SMILES string of the molecule is CCCN(CCC)C(=O)CCc1ccc(-c2ccccc2)o1. The van der Waals surface area contributed by atoms with E-state index in [1.54, 1.807) is 0 Å². The van der Waals surface area contributed by atoms with Crippen molar-refractivity contribution in [2.75, 3.05) is 13.1 Å². The van der Waals surface area contributed by atoms with Crippen LogP contribution in [0.25, 0.3) is 11.3 Å². The van der Waals surface area contributed by atoms with E-state index < -0.39 is 0 Å². The number of amides is 1. The zero-order valence-corrected chi connectivity index (χ0v) is 13.5. The van der Waals surface area contributed by atoms with Crippen LogP contribution in [-0.2, 0) is 11.2 Å². The summed E-state index contributed by atoms with van der Waals surface area (Å²) in [5.41, 5.74) is 1.07. The predicted octanol–water partition coefficient (Wildman–Crippen LogP) is 4.53. The molecule has 0 spiro atoms. The van der Waals surface area contributed by atoms with Crippen molar-refractivity contribution in [3.63, 3.8) is 0 Å². The standard InChI is InChI=1S/C19H25NO2/c1-3-14-20(15-4-2)19(21)13-11-17-10-12-18(22-17)16-8-6-5-7-9-16/h5-10,12H,3-4,11,13-15H2,1-2H3. The molecule has 0 N–H and O–H groups in total. The lowest BCUT2D eigenvalue weighted by molar-refractivity contribution is -0.131. The van der Waals surface area contributed by atoms with Crippen LogP contribution in [0.1, 0.15) is 38.9 Å². The molecule has 0 aliphatic heterocycles. The maximum atomic E-state index is 12.3. The third-order valence-electron chi connectivity index (χ3n) is 3.64. The van der Waals surface area contributed by atoms with Crippen LogP contribution in [0.4, 0.5) is 0 Å². The van der Waals surface area contributed by atoms with Gasteiger partial charge in [-0.05, 0) is 25.0 Å². The quantitative estimate of drug-likeness (QED) is 0.717. The third-order valence-corrected chi connectivity index (χ3v) is 3.64. The molecule has 2 aromatic rings. The number of benzene rings is 1. The van der Waals surface area contributed by atoms with Gasteiger partial charge in [0.15, 0.2) is 0 Å². The first-order chi connectivity index (χ1) is 10.7. The summed E-state index contributed by atoms with van der Waals surface area (Å²) in [6, 6.07) is 14.0. The van der Waals surface area contributed by atoms with Crippen molar-refractivity contribution in [2.45, 2.75) is 39.5 Å². The van der Waals surface area contributed by atoms with Gasteiger partial charge in [-0.25, -0.2) is 0 Å². The van der Waals surface area contributed by atoms with E-state index in [2.05, 4.69) is 13.8 Å². The molecule has 0 radical (unpaired) electrons. The van der Waals surface area contributed by atoms with Crippen molar-refractivity contribution in [3.05, 3.63) is 48.2 Å². The minimum Gasteiger partial charge on any atom is -0.461 e. The second-order valence-corrected chi connectivity index (χ2v) is 5.51. The van der Waals surface area contributed by atoms with E-state index in [-0.39, 0.29) is 5.91 Å². The van der Waals surface area contributed by atoms with Gasteiger partial charge in [0, 0.05) is 31.5 Å². The van der Waals surface area contributed by atoms with Gasteiger partial charge in [-0.15, -0.1) is 0 Å². The Balaban J connectivity index is 1.92. The summed E-state index contributed by atoms with van der Waals surface area (Å²) < 4.78 is 5.85. The van der Waals surface area contributed by atoms with Crippen LogP contribution in [0.2, 0.25) is 0 Å². The first-order valence-corrected chi connectivity index (χ1v) is 8.16. The second-order valence-electron chi connectivity index (χ2n) is 5.51. The molecule has 118 valence electrons. The molecule has 0 unspecified atom stereocenters. The lowest BCUT2D eigenvalue weighted by Crippen LogP contribution is -2.32. The summed E-state index contributed by atoms with van der Waals surface area (Å²) in [6.07, 6.45) is 3.19. The lowest BCUT2D eigenvalue weighted by Gasteiger charge is -2.21. The first-order valence-electron chi connectivity index (χ1n) is 8.16. The fraction of sp³-hybridized carbons (Fsp3) is 0.421. The molecular weight excluding hydrogens is 274 g/mol. The highest BCUT2D eigenvalue weighted by molar-refractivity contribution is 5.76. The minimum absolute atomic E-state index is 0.223. The van der Waals surface area contributed by atoms with Crippen molar-refractivity contribution in [2.24, 2.45) is 0 Å². The predicted molar refractivity (Wildman–Crippen MR) is 89.6 cm³/mol. The van der Waals surface area contributed by atoms with Gasteiger partial charge in [-0.2, -0.15) is 0 Å². The summed E-state index contributed by atoms with van der Waals surface area (Å²) in [6.45, 7) is 5.91. The molecule has 0 bridgehead atoms. The Labute approximate surface area is 132 Å². The molecule has 1 heterocycles. The number of carbonyl (C=O) groups is 1. The molecular formula is C19H25NO2. The number of furan rings is 1. The van der Waals surface area contributed by atoms with Crippen LogP contribution in [0.15, 0.2) is 46.9 Å². The van der Waals surface area contributed by atoms with E-state index in [9.17, 15) is 4.79 Å². The number of carbonyl (C=O) groups excluding carboxylic acids is 1. The Morgan fingerprint density at radius 1 is 1.00 bits per heavy atom. The van der Waals surface area contributed by atoms with Crippen LogP contribution in [-0.4, -0.2) is 23.9 Å². The van der Waals surface area contributed by atoms with Crippen LogP contribution < -0.4 is 0 Å². The number of rotatable bonds is 8. The van der Waals surface area contributed by atoms with Gasteiger partial charge in [0.1, 0.15) is 11.5 Å². The third kappa shape index (κ3) is 4.48. The van der Waals surface area contributed by atoms with Gasteiger partial charge in [-0.3, -0.25) is 4.79 Å². The Hall–Kier alpha value is -2.03. The molecule has 0 aliphatic rings. The molecule has 0 saturated carbocycles. The molecule has 3 nitrogen and oxygen atoms in total. The van der Waals surface area contributed by atoms with Crippen molar-refractivity contribution in [3.8, 4) is 11.3 Å². The first kappa shape index (κ1) is 16.3. The van der Waals surface area contributed by atoms with Crippen molar-refractivity contribution >= 4 is 5.91 Å². The zero-order valence-electron chi connectivity index (χ0n) is 13.5. The smallest absolute Gasteiger partial charge is 0.223 e. The molecule has 0 saturated heterocycles. The molecule has 3 heteroatoms. The average molecular weight is 299 g/mol. The number of hydrogen-bond donors (Lipinski definition) is 0. The Kier molecular flexibility index (Phi) is 6.26. The van der Waals surface area contributed by atoms with E-state index in [1.165, 1.54) is 0 Å². The molecule has 2 rings (SSSR count). The van der Waals surface area contributed by atoms with Gasteiger partial charge in [0.2, 0.25) is 5.91 Å². The van der Waals surface area contributed by atoms with Crippen LogP contribution in [0.5, 0.6) is 0 Å². The summed E-state index contributed by atoms with van der Waals surface area (Å²) in [7, 11) is 0. The maximum Gasteiger partial charge on any atom is 0.223 e. The monoisotopic (exact) mass is 299 g/mol. The summed E-state index contributed by atoms with van der Waals surface area (Å²) in [5, 5.41) is 0. The molecule has 1 aromatic carbocycles. The highest BCUT2D eigenvalue weighted by Gasteiger charge is 2.13. The molecule has 22 heavy (non-hydrogen) atoms. The zero-order chi connectivity index (χ0) is 15.8. The van der Waals surface area contributed by atoms with Gasteiger partial charge in [0.25, 0.3) is 0 Å². The van der Waals surface area contributed by atoms with E-state index >= 15 is 0 Å². The highest BCUT2D eigenvalue weighted by atomic mass is 16.3. The highest BCUT2D eigenvalue weighted by Crippen LogP contribution is 2.22. The number of hydrogen-bond acceptors (Lipinski definition) is 2. The van der Waals surface area contributed by atoms with Gasteiger partial charge in [0.05, 0.1) is 0 Å². The van der Waals surface area contributed by atoms with Crippen LogP contribution in [0, 0.1) is 0 Å². The maximum absolute atomic E-state index is 12.3. The van der Waals surface area contributed by atoms with E-state index in [0.29, 0.717) is 12.8 Å². The minimum atomic E-state index is 0.223. The molecule has 0 atom stereocenters. The summed E-state index contributed by atoms with van der Waals surface area (Å²) >= 11 is 0. The Morgan fingerprint density at radius 2 is 1.68 bits per heavy atom. The Morgan fingerprint density at radius 3 is 2.32 bits per heavy atom. The molecule has 0 aliphatic carbocycles. The molecule has 1 amide bonds. The molecule has 0 fully saturated rings.